The van der Waals surface area contributed by atoms with E-state index in [2.05, 4.69) is 48.5 Å². The summed E-state index contributed by atoms with van der Waals surface area (Å²) in [6.07, 6.45) is 2.52. The van der Waals surface area contributed by atoms with Crippen molar-refractivity contribution in [1.29, 1.82) is 0 Å². The minimum Gasteiger partial charge on any atom is -0.493 e. The average molecular weight is 471 g/mol. The summed E-state index contributed by atoms with van der Waals surface area (Å²) >= 11 is 0. The minimum atomic E-state index is 0. The topological polar surface area (TPSA) is 58.8 Å². The third kappa shape index (κ3) is 7.68. The molecule has 0 aliphatic rings. The van der Waals surface area contributed by atoms with Crippen LogP contribution in [0.25, 0.3) is 0 Å². The number of nitrogens with zero attached hydrogens (tertiary/aromatic N) is 1. The molecule has 1 heterocycles. The van der Waals surface area contributed by atoms with E-state index in [0.717, 1.165) is 37.0 Å². The number of hydrogen-bond donors (Lipinski definition) is 2. The van der Waals surface area contributed by atoms with Gasteiger partial charge in [0.05, 0.1) is 18.9 Å². The van der Waals surface area contributed by atoms with E-state index in [1.807, 2.05) is 24.3 Å². The molecule has 0 aliphatic carbocycles. The molecule has 0 spiro atoms. The first-order valence-electron chi connectivity index (χ1n) is 8.80. The number of nitrogens with one attached hydrogen (secondary N) is 2. The van der Waals surface area contributed by atoms with Crippen LogP contribution in [-0.2, 0) is 6.42 Å². The van der Waals surface area contributed by atoms with Crippen LogP contribution in [-0.4, -0.2) is 26.2 Å². The van der Waals surface area contributed by atoms with Crippen molar-refractivity contribution in [3.8, 4) is 5.75 Å². The van der Waals surface area contributed by atoms with Crippen LogP contribution in [0.4, 0.5) is 0 Å². The zero-order valence-corrected chi connectivity index (χ0v) is 18.3. The Morgan fingerprint density at radius 2 is 1.88 bits per heavy atom. The van der Waals surface area contributed by atoms with E-state index in [-0.39, 0.29) is 30.0 Å². The van der Waals surface area contributed by atoms with Gasteiger partial charge in [-0.2, -0.15) is 0 Å². The van der Waals surface area contributed by atoms with Gasteiger partial charge < -0.3 is 19.8 Å². The molecule has 1 aromatic carbocycles. The quantitative estimate of drug-likeness (QED) is 0.341. The maximum absolute atomic E-state index is 5.73. The highest BCUT2D eigenvalue weighted by molar-refractivity contribution is 14.0. The molecule has 26 heavy (non-hydrogen) atoms. The predicted octanol–water partition coefficient (Wildman–Crippen LogP) is 4.40. The summed E-state index contributed by atoms with van der Waals surface area (Å²) in [5.74, 6) is 3.17. The number of rotatable bonds is 8. The van der Waals surface area contributed by atoms with Crippen molar-refractivity contribution in [1.82, 2.24) is 10.6 Å². The van der Waals surface area contributed by atoms with Crippen LogP contribution in [0.5, 0.6) is 5.75 Å². The molecule has 0 saturated heterocycles. The molecule has 1 aromatic heterocycles. The van der Waals surface area contributed by atoms with Crippen molar-refractivity contribution in [2.75, 3.05) is 20.2 Å². The van der Waals surface area contributed by atoms with Crippen molar-refractivity contribution >= 4 is 29.9 Å². The molecule has 2 N–H and O–H groups in total. The third-order valence-corrected chi connectivity index (χ3v) is 3.78. The number of hydrogen-bond acceptors (Lipinski definition) is 3. The van der Waals surface area contributed by atoms with Crippen molar-refractivity contribution in [2.24, 2.45) is 10.9 Å². The lowest BCUT2D eigenvalue weighted by molar-refractivity contribution is 0.271. The van der Waals surface area contributed by atoms with Crippen molar-refractivity contribution in [3.63, 3.8) is 0 Å². The Hall–Kier alpha value is -1.70. The van der Waals surface area contributed by atoms with E-state index in [1.54, 1.807) is 13.3 Å². The van der Waals surface area contributed by atoms with E-state index in [9.17, 15) is 0 Å². The lowest BCUT2D eigenvalue weighted by Crippen LogP contribution is -2.39. The fourth-order valence-electron chi connectivity index (χ4n) is 2.36. The van der Waals surface area contributed by atoms with Crippen LogP contribution < -0.4 is 15.4 Å². The van der Waals surface area contributed by atoms with Crippen molar-refractivity contribution in [3.05, 3.63) is 54.0 Å². The first-order chi connectivity index (χ1) is 12.1. The summed E-state index contributed by atoms with van der Waals surface area (Å²) in [4.78, 5) is 4.28. The lowest BCUT2D eigenvalue weighted by atomic mass is 10.1. The first kappa shape index (κ1) is 22.3. The fraction of sp³-hybridized carbons (Fsp3) is 0.450. The summed E-state index contributed by atoms with van der Waals surface area (Å²) in [6, 6.07) is 12.2. The zero-order chi connectivity index (χ0) is 18.1. The smallest absolute Gasteiger partial charge is 0.191 e. The molecule has 0 fully saturated rings. The molecule has 144 valence electrons. The molecule has 2 aromatic rings. The monoisotopic (exact) mass is 471 g/mol. The van der Waals surface area contributed by atoms with E-state index in [0.29, 0.717) is 5.92 Å². The van der Waals surface area contributed by atoms with Gasteiger partial charge in [-0.25, -0.2) is 0 Å². The Morgan fingerprint density at radius 3 is 2.46 bits per heavy atom. The van der Waals surface area contributed by atoms with Gasteiger partial charge in [0.25, 0.3) is 0 Å². The molecular formula is C20H30IN3O2. The maximum atomic E-state index is 5.73. The number of aliphatic imine (C=N–C) groups is 1. The molecule has 0 amide bonds. The second-order valence-electron chi connectivity index (χ2n) is 6.47. The van der Waals surface area contributed by atoms with Crippen molar-refractivity contribution < 1.29 is 9.15 Å². The molecule has 1 unspecified atom stereocenters. The minimum absolute atomic E-state index is 0. The molecule has 6 heteroatoms. The SMILES string of the molecule is CN=C(NCCc1ccco1)NC(C)c1ccc(OCC(C)C)cc1.I. The number of halogens is 1. The lowest BCUT2D eigenvalue weighted by Gasteiger charge is -2.18. The normalized spacial score (nSPS) is 12.4. The second-order valence-corrected chi connectivity index (χ2v) is 6.47. The number of benzene rings is 1. The highest BCUT2D eigenvalue weighted by atomic mass is 127. The maximum Gasteiger partial charge on any atom is 0.191 e. The number of guanidine groups is 1. The van der Waals surface area contributed by atoms with E-state index >= 15 is 0 Å². The third-order valence-electron chi connectivity index (χ3n) is 3.78. The fourth-order valence-corrected chi connectivity index (χ4v) is 2.36. The number of ether oxygens (including phenoxy) is 1. The Kier molecular flexibility index (Phi) is 10.2. The molecule has 1 atom stereocenters. The van der Waals surface area contributed by atoms with Gasteiger partial charge in [-0.15, -0.1) is 24.0 Å². The largest absolute Gasteiger partial charge is 0.493 e. The molecule has 2 rings (SSSR count). The van der Waals surface area contributed by atoms with Crippen molar-refractivity contribution in [2.45, 2.75) is 33.2 Å². The molecule has 0 saturated carbocycles. The molecule has 0 aliphatic heterocycles. The predicted molar refractivity (Wildman–Crippen MR) is 118 cm³/mol. The van der Waals surface area contributed by atoms with Gasteiger partial charge in [-0.05, 0) is 42.7 Å². The Bertz CT molecular complexity index is 640. The Labute approximate surface area is 173 Å². The van der Waals surface area contributed by atoms with E-state index in [4.69, 9.17) is 9.15 Å². The van der Waals surface area contributed by atoms with Gasteiger partial charge in [-0.1, -0.05) is 26.0 Å². The first-order valence-corrected chi connectivity index (χ1v) is 8.80. The molecular weight excluding hydrogens is 441 g/mol. The van der Waals surface area contributed by atoms with Gasteiger partial charge in [0, 0.05) is 20.0 Å². The van der Waals surface area contributed by atoms with Crippen LogP contribution in [0.1, 0.15) is 38.1 Å². The molecule has 5 nitrogen and oxygen atoms in total. The Morgan fingerprint density at radius 1 is 1.15 bits per heavy atom. The summed E-state index contributed by atoms with van der Waals surface area (Å²) in [5.41, 5.74) is 1.19. The summed E-state index contributed by atoms with van der Waals surface area (Å²) in [7, 11) is 1.78. The van der Waals surface area contributed by atoms with Crippen LogP contribution in [0.15, 0.2) is 52.1 Å². The zero-order valence-electron chi connectivity index (χ0n) is 16.0. The van der Waals surface area contributed by atoms with Crippen LogP contribution in [0.3, 0.4) is 0 Å². The number of furan rings is 1. The average Bonchev–Trinajstić information content (AvgIpc) is 3.12. The van der Waals surface area contributed by atoms with Gasteiger partial charge in [0.1, 0.15) is 11.5 Å². The van der Waals surface area contributed by atoms with Crippen LogP contribution in [0, 0.1) is 5.92 Å². The van der Waals surface area contributed by atoms with Gasteiger partial charge >= 0.3 is 0 Å². The van der Waals surface area contributed by atoms with E-state index < -0.39 is 0 Å². The summed E-state index contributed by atoms with van der Waals surface area (Å²) in [6.45, 7) is 7.90. The van der Waals surface area contributed by atoms with Gasteiger partial charge in [0.2, 0.25) is 0 Å². The molecule has 0 bridgehead atoms. The van der Waals surface area contributed by atoms with Gasteiger partial charge in [-0.3, -0.25) is 4.99 Å². The van der Waals surface area contributed by atoms with Gasteiger partial charge in [0.15, 0.2) is 5.96 Å². The molecule has 0 radical (unpaired) electrons. The standard InChI is InChI=1S/C20H29N3O2.HI/c1-15(2)14-25-19-9-7-17(8-10-19)16(3)23-20(21-4)22-12-11-18-6-5-13-24-18;/h5-10,13,15-16H,11-12,14H2,1-4H3,(H2,21,22,23);1H. The second kappa shape index (κ2) is 11.8. The summed E-state index contributed by atoms with van der Waals surface area (Å²) < 4.78 is 11.1. The highest BCUT2D eigenvalue weighted by Gasteiger charge is 2.08. The van der Waals surface area contributed by atoms with E-state index in [1.165, 1.54) is 5.56 Å². The van der Waals surface area contributed by atoms with Crippen LogP contribution >= 0.6 is 24.0 Å². The Balaban J connectivity index is 0.00000338. The highest BCUT2D eigenvalue weighted by Crippen LogP contribution is 2.18. The van der Waals surface area contributed by atoms with Crippen LogP contribution in [0.2, 0.25) is 0 Å². The summed E-state index contributed by atoms with van der Waals surface area (Å²) in [5, 5.41) is 6.71.